The first-order chi connectivity index (χ1) is 8.24. The number of nitrogens with one attached hydrogen (secondary N) is 1. The van der Waals surface area contributed by atoms with E-state index in [0.717, 1.165) is 37.3 Å². The van der Waals surface area contributed by atoms with E-state index in [1.165, 1.54) is 0 Å². The number of aromatic nitrogens is 1. The van der Waals surface area contributed by atoms with Crippen molar-refractivity contribution >= 4 is 5.91 Å². The van der Waals surface area contributed by atoms with E-state index in [1.54, 1.807) is 6.20 Å². The average Bonchev–Trinajstić information content (AvgIpc) is 2.84. The smallest absolute Gasteiger partial charge is 0.255 e. The van der Waals surface area contributed by atoms with E-state index in [-0.39, 0.29) is 5.91 Å². The number of likely N-dealkylation sites (N-methyl/N-ethyl adjacent to an activating group) is 1. The number of aryl methyl sites for hydroxylation is 1. The summed E-state index contributed by atoms with van der Waals surface area (Å²) in [5.41, 5.74) is 1.53. The maximum Gasteiger partial charge on any atom is 0.255 e. The van der Waals surface area contributed by atoms with E-state index in [4.69, 9.17) is 0 Å². The lowest BCUT2D eigenvalue weighted by atomic mass is 10.1. The van der Waals surface area contributed by atoms with Crippen LogP contribution >= 0.6 is 0 Å². The molecule has 1 N–H and O–H groups in total. The summed E-state index contributed by atoms with van der Waals surface area (Å²) in [5, 5.41) is 3.30. The maximum absolute atomic E-state index is 12.4. The Kier molecular flexibility index (Phi) is 3.74. The van der Waals surface area contributed by atoms with Gasteiger partial charge in [0.15, 0.2) is 0 Å². The summed E-state index contributed by atoms with van der Waals surface area (Å²) in [5.74, 6) is 0.104. The molecule has 0 spiro atoms. The number of hydrogen-bond donors (Lipinski definition) is 1. The Morgan fingerprint density at radius 3 is 3.06 bits per heavy atom. The molecule has 1 amide bonds. The number of hydrogen-bond acceptors (Lipinski definition) is 3. The lowest BCUT2D eigenvalue weighted by molar-refractivity contribution is 0.0702. The van der Waals surface area contributed by atoms with Crippen molar-refractivity contribution in [3.8, 4) is 0 Å². The molecule has 0 aliphatic carbocycles. The van der Waals surface area contributed by atoms with Crippen LogP contribution in [0, 0.1) is 6.92 Å². The van der Waals surface area contributed by atoms with Gasteiger partial charge in [0, 0.05) is 31.0 Å². The van der Waals surface area contributed by atoms with Gasteiger partial charge in [0.1, 0.15) is 0 Å². The molecular weight excluding hydrogens is 214 g/mol. The van der Waals surface area contributed by atoms with Gasteiger partial charge in [-0.05, 0) is 38.9 Å². The van der Waals surface area contributed by atoms with Crippen LogP contribution in [0.1, 0.15) is 29.4 Å². The van der Waals surface area contributed by atoms with Gasteiger partial charge in [-0.15, -0.1) is 0 Å². The normalized spacial score (nSPS) is 19.3. The summed E-state index contributed by atoms with van der Waals surface area (Å²) in [7, 11) is 0. The monoisotopic (exact) mass is 233 g/mol. The van der Waals surface area contributed by atoms with E-state index in [9.17, 15) is 4.79 Å². The van der Waals surface area contributed by atoms with Crippen LogP contribution in [0.2, 0.25) is 0 Å². The number of carbonyl (C=O) groups excluding carboxylic acids is 1. The Labute approximate surface area is 102 Å². The maximum atomic E-state index is 12.4. The Morgan fingerprint density at radius 1 is 1.65 bits per heavy atom. The third-order valence-corrected chi connectivity index (χ3v) is 3.31. The Morgan fingerprint density at radius 2 is 2.47 bits per heavy atom. The van der Waals surface area contributed by atoms with E-state index < -0.39 is 0 Å². The number of pyridine rings is 1. The van der Waals surface area contributed by atoms with Crippen molar-refractivity contribution in [1.29, 1.82) is 0 Å². The molecule has 2 rings (SSSR count). The minimum Gasteiger partial charge on any atom is -0.335 e. The molecule has 0 bridgehead atoms. The van der Waals surface area contributed by atoms with Gasteiger partial charge in [0.25, 0.3) is 5.91 Å². The van der Waals surface area contributed by atoms with E-state index >= 15 is 0 Å². The zero-order valence-corrected chi connectivity index (χ0v) is 10.4. The molecule has 92 valence electrons. The van der Waals surface area contributed by atoms with Crippen LogP contribution in [0.5, 0.6) is 0 Å². The fraction of sp³-hybridized carbons (Fsp3) is 0.538. The van der Waals surface area contributed by atoms with Gasteiger partial charge >= 0.3 is 0 Å². The predicted molar refractivity (Wildman–Crippen MR) is 67.0 cm³/mol. The Hall–Kier alpha value is -1.42. The topological polar surface area (TPSA) is 45.2 Å². The minimum atomic E-state index is 0.104. The second kappa shape index (κ2) is 5.27. The van der Waals surface area contributed by atoms with Crippen molar-refractivity contribution in [2.24, 2.45) is 0 Å². The second-order valence-corrected chi connectivity index (χ2v) is 4.37. The molecule has 1 unspecified atom stereocenters. The van der Waals surface area contributed by atoms with Gasteiger partial charge in [-0.2, -0.15) is 0 Å². The van der Waals surface area contributed by atoms with Crippen molar-refractivity contribution < 1.29 is 4.79 Å². The van der Waals surface area contributed by atoms with Crippen molar-refractivity contribution in [2.75, 3.05) is 19.6 Å². The zero-order chi connectivity index (χ0) is 12.3. The Balaban J connectivity index is 2.20. The standard InChI is InChI=1S/C13H19N3O/c1-3-16(11-6-8-14-9-11)13(17)12-5-4-7-15-10(12)2/h4-5,7,11,14H,3,6,8-9H2,1-2H3. The molecule has 1 aliphatic rings. The highest BCUT2D eigenvalue weighted by atomic mass is 16.2. The molecule has 1 aliphatic heterocycles. The fourth-order valence-corrected chi connectivity index (χ4v) is 2.34. The second-order valence-electron chi connectivity index (χ2n) is 4.37. The van der Waals surface area contributed by atoms with Crippen molar-refractivity contribution in [3.05, 3.63) is 29.6 Å². The summed E-state index contributed by atoms with van der Waals surface area (Å²) in [4.78, 5) is 18.6. The molecule has 1 fully saturated rings. The highest BCUT2D eigenvalue weighted by Gasteiger charge is 2.26. The van der Waals surface area contributed by atoms with Crippen LogP contribution in [0.3, 0.4) is 0 Å². The van der Waals surface area contributed by atoms with Crippen LogP contribution in [0.25, 0.3) is 0 Å². The summed E-state index contributed by atoms with van der Waals surface area (Å²) in [6, 6.07) is 4.00. The lowest BCUT2D eigenvalue weighted by Crippen LogP contribution is -2.41. The molecule has 0 aromatic carbocycles. The Bertz CT molecular complexity index is 399. The van der Waals surface area contributed by atoms with Crippen molar-refractivity contribution in [3.63, 3.8) is 0 Å². The first-order valence-corrected chi connectivity index (χ1v) is 6.17. The highest BCUT2D eigenvalue weighted by molar-refractivity contribution is 5.95. The van der Waals surface area contributed by atoms with Crippen LogP contribution in [0.4, 0.5) is 0 Å². The van der Waals surface area contributed by atoms with Gasteiger partial charge in [0.2, 0.25) is 0 Å². The molecule has 0 saturated carbocycles. The summed E-state index contributed by atoms with van der Waals surface area (Å²) < 4.78 is 0. The minimum absolute atomic E-state index is 0.104. The van der Waals surface area contributed by atoms with Crippen LogP contribution in [-0.4, -0.2) is 41.5 Å². The van der Waals surface area contributed by atoms with E-state index in [2.05, 4.69) is 10.3 Å². The summed E-state index contributed by atoms with van der Waals surface area (Å²) >= 11 is 0. The fourth-order valence-electron chi connectivity index (χ4n) is 2.34. The average molecular weight is 233 g/mol. The molecule has 2 heterocycles. The zero-order valence-electron chi connectivity index (χ0n) is 10.4. The third-order valence-electron chi connectivity index (χ3n) is 3.31. The number of carbonyl (C=O) groups is 1. The number of amides is 1. The van der Waals surface area contributed by atoms with Crippen LogP contribution in [0.15, 0.2) is 18.3 Å². The van der Waals surface area contributed by atoms with Gasteiger partial charge in [-0.25, -0.2) is 0 Å². The lowest BCUT2D eigenvalue weighted by Gasteiger charge is -2.27. The molecule has 1 aromatic rings. The van der Waals surface area contributed by atoms with Gasteiger partial charge < -0.3 is 10.2 Å². The quantitative estimate of drug-likeness (QED) is 0.853. The van der Waals surface area contributed by atoms with E-state index in [1.807, 2.05) is 30.9 Å². The molecule has 1 saturated heterocycles. The molecule has 4 heteroatoms. The van der Waals surface area contributed by atoms with Crippen molar-refractivity contribution in [2.45, 2.75) is 26.3 Å². The summed E-state index contributed by atoms with van der Waals surface area (Å²) in [6.07, 6.45) is 2.76. The summed E-state index contributed by atoms with van der Waals surface area (Å²) in [6.45, 7) is 6.56. The first-order valence-electron chi connectivity index (χ1n) is 6.17. The van der Waals surface area contributed by atoms with Crippen LogP contribution in [-0.2, 0) is 0 Å². The molecule has 1 aromatic heterocycles. The number of rotatable bonds is 3. The first kappa shape index (κ1) is 12.0. The van der Waals surface area contributed by atoms with Gasteiger partial charge in [-0.3, -0.25) is 9.78 Å². The molecule has 0 radical (unpaired) electrons. The third kappa shape index (κ3) is 2.47. The molecule has 4 nitrogen and oxygen atoms in total. The SMILES string of the molecule is CCN(C(=O)c1cccnc1C)C1CCNC1. The highest BCUT2D eigenvalue weighted by Crippen LogP contribution is 2.14. The van der Waals surface area contributed by atoms with Gasteiger partial charge in [0.05, 0.1) is 5.56 Å². The number of nitrogens with zero attached hydrogens (tertiary/aromatic N) is 2. The largest absolute Gasteiger partial charge is 0.335 e. The molecule has 1 atom stereocenters. The molecular formula is C13H19N3O. The van der Waals surface area contributed by atoms with Crippen LogP contribution < -0.4 is 5.32 Å². The van der Waals surface area contributed by atoms with Crippen molar-refractivity contribution in [1.82, 2.24) is 15.2 Å². The van der Waals surface area contributed by atoms with Gasteiger partial charge in [-0.1, -0.05) is 0 Å². The van der Waals surface area contributed by atoms with E-state index in [0.29, 0.717) is 6.04 Å². The predicted octanol–water partition coefficient (Wildman–Crippen LogP) is 1.21. The molecule has 17 heavy (non-hydrogen) atoms.